The maximum Gasteiger partial charge on any atom is 0.327 e. The molecule has 0 spiro atoms. The molecule has 0 saturated carbocycles. The Bertz CT molecular complexity index is 404. The van der Waals surface area contributed by atoms with Gasteiger partial charge in [-0.2, -0.15) is 0 Å². The first-order valence-electron chi connectivity index (χ1n) is 5.55. The van der Waals surface area contributed by atoms with E-state index in [4.69, 9.17) is 4.74 Å². The molecule has 1 aromatic carbocycles. The van der Waals surface area contributed by atoms with Gasteiger partial charge in [0.1, 0.15) is 11.9 Å². The fourth-order valence-corrected chi connectivity index (χ4v) is 1.54. The maximum absolute atomic E-state index is 13.5. The molecule has 17 heavy (non-hydrogen) atoms. The van der Waals surface area contributed by atoms with E-state index < -0.39 is 12.0 Å². The molecule has 4 heteroatoms. The summed E-state index contributed by atoms with van der Waals surface area (Å²) in [6.45, 7) is 5.52. The van der Waals surface area contributed by atoms with Crippen LogP contribution in [0, 0.1) is 12.7 Å². The highest BCUT2D eigenvalue weighted by Gasteiger charge is 2.22. The second kappa shape index (κ2) is 5.77. The lowest BCUT2D eigenvalue weighted by Gasteiger charge is -2.19. The Morgan fingerprint density at radius 3 is 2.53 bits per heavy atom. The van der Waals surface area contributed by atoms with E-state index in [1.165, 1.54) is 13.2 Å². The lowest BCUT2D eigenvalue weighted by molar-refractivity contribution is -0.143. The number of aryl methyl sites for hydroxylation is 1. The number of hydrogen-bond acceptors (Lipinski definition) is 3. The number of nitrogens with one attached hydrogen (secondary N) is 1. The van der Waals surface area contributed by atoms with Gasteiger partial charge in [-0.3, -0.25) is 5.32 Å². The van der Waals surface area contributed by atoms with Gasteiger partial charge in [0.25, 0.3) is 0 Å². The molecular formula is C13H18FNO2. The summed E-state index contributed by atoms with van der Waals surface area (Å²) in [6, 6.07) is 4.23. The molecule has 1 N–H and O–H groups in total. The standard InChI is InChI=1S/C13H18FNO2/c1-8(2)15-12(13(16)17-4)10-6-5-9(3)11(14)7-10/h5-8,12,15H,1-4H3. The predicted octanol–water partition coefficient (Wildman–Crippen LogP) is 2.35. The summed E-state index contributed by atoms with van der Waals surface area (Å²) < 4.78 is 18.2. The first kappa shape index (κ1) is 13.6. The van der Waals surface area contributed by atoms with Crippen LogP contribution in [0.5, 0.6) is 0 Å². The zero-order valence-corrected chi connectivity index (χ0v) is 10.6. The molecule has 0 bridgehead atoms. The predicted molar refractivity (Wildman–Crippen MR) is 64.2 cm³/mol. The van der Waals surface area contributed by atoms with Crippen LogP contribution in [0.4, 0.5) is 4.39 Å². The Labute approximate surface area is 101 Å². The monoisotopic (exact) mass is 239 g/mol. The Morgan fingerprint density at radius 2 is 2.06 bits per heavy atom. The highest BCUT2D eigenvalue weighted by molar-refractivity contribution is 5.77. The minimum atomic E-state index is -0.630. The molecule has 1 atom stereocenters. The number of carbonyl (C=O) groups is 1. The summed E-state index contributed by atoms with van der Waals surface area (Å²) in [7, 11) is 1.32. The number of esters is 1. The van der Waals surface area contributed by atoms with E-state index in [0.29, 0.717) is 11.1 Å². The number of halogens is 1. The van der Waals surface area contributed by atoms with Crippen LogP contribution < -0.4 is 5.32 Å². The molecule has 0 aliphatic heterocycles. The van der Waals surface area contributed by atoms with E-state index in [0.717, 1.165) is 0 Å². The van der Waals surface area contributed by atoms with Gasteiger partial charge in [0, 0.05) is 6.04 Å². The van der Waals surface area contributed by atoms with Crippen molar-refractivity contribution in [3.63, 3.8) is 0 Å². The third-order valence-corrected chi connectivity index (χ3v) is 2.47. The SMILES string of the molecule is COC(=O)C(NC(C)C)c1ccc(C)c(F)c1. The minimum Gasteiger partial charge on any atom is -0.468 e. The van der Waals surface area contributed by atoms with Crippen molar-refractivity contribution in [1.82, 2.24) is 5.32 Å². The van der Waals surface area contributed by atoms with Gasteiger partial charge in [-0.25, -0.2) is 9.18 Å². The van der Waals surface area contributed by atoms with Gasteiger partial charge in [-0.1, -0.05) is 12.1 Å². The van der Waals surface area contributed by atoms with Gasteiger partial charge in [0.2, 0.25) is 0 Å². The summed E-state index contributed by atoms with van der Waals surface area (Å²) in [4.78, 5) is 11.6. The van der Waals surface area contributed by atoms with E-state index in [9.17, 15) is 9.18 Å². The molecule has 0 amide bonds. The van der Waals surface area contributed by atoms with E-state index >= 15 is 0 Å². The number of benzene rings is 1. The average molecular weight is 239 g/mol. The first-order valence-corrected chi connectivity index (χ1v) is 5.55. The molecule has 0 radical (unpaired) electrons. The van der Waals surface area contributed by atoms with Crippen LogP contribution in [-0.4, -0.2) is 19.1 Å². The summed E-state index contributed by atoms with van der Waals surface area (Å²) in [5, 5.41) is 3.05. The van der Waals surface area contributed by atoms with Crippen molar-refractivity contribution in [2.24, 2.45) is 0 Å². The van der Waals surface area contributed by atoms with Crippen molar-refractivity contribution < 1.29 is 13.9 Å². The second-order valence-corrected chi connectivity index (χ2v) is 4.29. The molecule has 1 unspecified atom stereocenters. The van der Waals surface area contributed by atoms with Crippen LogP contribution in [0.1, 0.15) is 31.0 Å². The van der Waals surface area contributed by atoms with E-state index in [2.05, 4.69) is 5.32 Å². The average Bonchev–Trinajstić information content (AvgIpc) is 2.28. The molecule has 0 heterocycles. The lowest BCUT2D eigenvalue weighted by atomic mass is 10.0. The molecule has 3 nitrogen and oxygen atoms in total. The molecule has 0 fully saturated rings. The van der Waals surface area contributed by atoms with Gasteiger partial charge < -0.3 is 4.74 Å². The third kappa shape index (κ3) is 3.53. The maximum atomic E-state index is 13.5. The van der Waals surface area contributed by atoms with Crippen molar-refractivity contribution in [2.75, 3.05) is 7.11 Å². The van der Waals surface area contributed by atoms with Crippen LogP contribution in [0.2, 0.25) is 0 Å². The zero-order valence-electron chi connectivity index (χ0n) is 10.6. The molecular weight excluding hydrogens is 221 g/mol. The summed E-state index contributed by atoms with van der Waals surface area (Å²) >= 11 is 0. The summed E-state index contributed by atoms with van der Waals surface area (Å²) in [5.74, 6) is -0.732. The van der Waals surface area contributed by atoms with Crippen molar-refractivity contribution in [2.45, 2.75) is 32.9 Å². The normalized spacial score (nSPS) is 12.6. The Balaban J connectivity index is 3.03. The smallest absolute Gasteiger partial charge is 0.327 e. The molecule has 0 aromatic heterocycles. The fraction of sp³-hybridized carbons (Fsp3) is 0.462. The minimum absolute atomic E-state index is 0.100. The molecule has 1 aromatic rings. The van der Waals surface area contributed by atoms with Crippen LogP contribution in [0.15, 0.2) is 18.2 Å². The molecule has 0 saturated heterocycles. The zero-order chi connectivity index (χ0) is 13.0. The third-order valence-electron chi connectivity index (χ3n) is 2.47. The molecule has 94 valence electrons. The first-order chi connectivity index (χ1) is 7.95. The highest BCUT2D eigenvalue weighted by Crippen LogP contribution is 2.18. The van der Waals surface area contributed by atoms with Crippen LogP contribution in [0.3, 0.4) is 0 Å². The Morgan fingerprint density at radius 1 is 1.41 bits per heavy atom. The summed E-state index contributed by atoms with van der Waals surface area (Å²) in [5.41, 5.74) is 1.13. The van der Waals surface area contributed by atoms with E-state index in [1.54, 1.807) is 19.1 Å². The molecule has 1 rings (SSSR count). The Kier molecular flexibility index (Phi) is 4.63. The number of ether oxygens (including phenoxy) is 1. The van der Waals surface area contributed by atoms with Crippen molar-refractivity contribution >= 4 is 5.97 Å². The van der Waals surface area contributed by atoms with Gasteiger partial charge >= 0.3 is 5.97 Å². The van der Waals surface area contributed by atoms with Crippen molar-refractivity contribution in [3.8, 4) is 0 Å². The highest BCUT2D eigenvalue weighted by atomic mass is 19.1. The van der Waals surface area contributed by atoms with Gasteiger partial charge in [-0.05, 0) is 38.0 Å². The van der Waals surface area contributed by atoms with Crippen molar-refractivity contribution in [3.05, 3.63) is 35.1 Å². The van der Waals surface area contributed by atoms with Gasteiger partial charge in [0.05, 0.1) is 7.11 Å². The quantitative estimate of drug-likeness (QED) is 0.820. The largest absolute Gasteiger partial charge is 0.468 e. The van der Waals surface area contributed by atoms with E-state index in [1.807, 2.05) is 13.8 Å². The van der Waals surface area contributed by atoms with Crippen LogP contribution in [-0.2, 0) is 9.53 Å². The number of hydrogen-bond donors (Lipinski definition) is 1. The van der Waals surface area contributed by atoms with E-state index in [-0.39, 0.29) is 11.9 Å². The van der Waals surface area contributed by atoms with Gasteiger partial charge in [-0.15, -0.1) is 0 Å². The lowest BCUT2D eigenvalue weighted by Crippen LogP contribution is -2.34. The fourth-order valence-electron chi connectivity index (χ4n) is 1.54. The number of rotatable bonds is 4. The second-order valence-electron chi connectivity index (χ2n) is 4.29. The number of carbonyl (C=O) groups excluding carboxylic acids is 1. The topological polar surface area (TPSA) is 38.3 Å². The van der Waals surface area contributed by atoms with Crippen LogP contribution in [0.25, 0.3) is 0 Å². The van der Waals surface area contributed by atoms with Crippen LogP contribution >= 0.6 is 0 Å². The summed E-state index contributed by atoms with van der Waals surface area (Å²) in [6.07, 6.45) is 0. The number of methoxy groups -OCH3 is 1. The molecule has 0 aliphatic rings. The Hall–Kier alpha value is -1.42. The van der Waals surface area contributed by atoms with Gasteiger partial charge in [0.15, 0.2) is 0 Å². The van der Waals surface area contributed by atoms with Crippen molar-refractivity contribution in [1.29, 1.82) is 0 Å². The molecule has 0 aliphatic carbocycles.